The molecule has 3 aromatic rings. The number of rotatable bonds is 5. The average Bonchev–Trinajstić information content (AvgIpc) is 2.61. The minimum atomic E-state index is -0.863. The standard InChI is InChI=1S/C20H16O5/c1-2-24-14-10-7-13(8-11-14)9-12-16(21)18-19(22)15-5-3-4-6-17(15)25-20(18)23/h3-12,22H,2H2,1H3. The number of benzene rings is 2. The molecule has 2 aromatic carbocycles. The highest BCUT2D eigenvalue weighted by molar-refractivity contribution is 6.10. The van der Waals surface area contributed by atoms with Crippen molar-refractivity contribution in [2.24, 2.45) is 0 Å². The topological polar surface area (TPSA) is 76.7 Å². The van der Waals surface area contributed by atoms with E-state index in [-0.39, 0.29) is 16.9 Å². The van der Waals surface area contributed by atoms with Crippen molar-refractivity contribution in [2.75, 3.05) is 6.61 Å². The zero-order valence-electron chi connectivity index (χ0n) is 13.6. The van der Waals surface area contributed by atoms with Gasteiger partial charge in [0.2, 0.25) is 0 Å². The summed E-state index contributed by atoms with van der Waals surface area (Å²) in [5.41, 5.74) is -0.239. The van der Waals surface area contributed by atoms with Gasteiger partial charge in [-0.1, -0.05) is 30.3 Å². The Morgan fingerprint density at radius 3 is 2.60 bits per heavy atom. The highest BCUT2D eigenvalue weighted by Crippen LogP contribution is 2.26. The highest BCUT2D eigenvalue weighted by Gasteiger charge is 2.18. The van der Waals surface area contributed by atoms with Crippen molar-refractivity contribution < 1.29 is 19.1 Å². The predicted molar refractivity (Wildman–Crippen MR) is 95.1 cm³/mol. The third-order valence-electron chi connectivity index (χ3n) is 3.65. The maximum Gasteiger partial charge on any atom is 0.351 e. The second-order valence-electron chi connectivity index (χ2n) is 5.31. The summed E-state index contributed by atoms with van der Waals surface area (Å²) >= 11 is 0. The largest absolute Gasteiger partial charge is 0.506 e. The predicted octanol–water partition coefficient (Wildman–Crippen LogP) is 3.79. The smallest absolute Gasteiger partial charge is 0.351 e. The van der Waals surface area contributed by atoms with E-state index in [9.17, 15) is 14.7 Å². The van der Waals surface area contributed by atoms with E-state index in [2.05, 4.69) is 0 Å². The Balaban J connectivity index is 1.90. The fourth-order valence-electron chi connectivity index (χ4n) is 2.45. The minimum absolute atomic E-state index is 0.233. The Morgan fingerprint density at radius 1 is 1.16 bits per heavy atom. The Labute approximate surface area is 143 Å². The first-order valence-electron chi connectivity index (χ1n) is 7.80. The van der Waals surface area contributed by atoms with Crippen molar-refractivity contribution in [3.05, 3.63) is 76.2 Å². The summed E-state index contributed by atoms with van der Waals surface area (Å²) in [5, 5.41) is 10.6. The maximum absolute atomic E-state index is 12.3. The van der Waals surface area contributed by atoms with Gasteiger partial charge < -0.3 is 14.3 Å². The molecular weight excluding hydrogens is 320 g/mol. The molecule has 0 aliphatic rings. The lowest BCUT2D eigenvalue weighted by molar-refractivity contribution is 0.104. The van der Waals surface area contributed by atoms with Crippen molar-refractivity contribution in [3.8, 4) is 11.5 Å². The van der Waals surface area contributed by atoms with Crippen molar-refractivity contribution in [1.82, 2.24) is 0 Å². The fourth-order valence-corrected chi connectivity index (χ4v) is 2.45. The van der Waals surface area contributed by atoms with Crippen LogP contribution in [0.4, 0.5) is 0 Å². The molecule has 5 nitrogen and oxygen atoms in total. The number of carbonyl (C=O) groups excluding carboxylic acids is 1. The first kappa shape index (κ1) is 16.5. The van der Waals surface area contributed by atoms with Crippen LogP contribution in [0.1, 0.15) is 22.8 Å². The molecule has 0 unspecified atom stereocenters. The van der Waals surface area contributed by atoms with Crippen LogP contribution in [0.15, 0.2) is 63.8 Å². The van der Waals surface area contributed by atoms with Crippen molar-refractivity contribution in [3.63, 3.8) is 0 Å². The molecule has 5 heteroatoms. The van der Waals surface area contributed by atoms with Gasteiger partial charge in [-0.25, -0.2) is 4.79 Å². The molecule has 0 spiro atoms. The number of carbonyl (C=O) groups is 1. The van der Waals surface area contributed by atoms with Gasteiger partial charge in [0.25, 0.3) is 0 Å². The number of ketones is 1. The molecule has 0 saturated carbocycles. The molecule has 0 radical (unpaired) electrons. The first-order valence-corrected chi connectivity index (χ1v) is 7.80. The molecule has 25 heavy (non-hydrogen) atoms. The number of aromatic hydroxyl groups is 1. The van der Waals surface area contributed by atoms with E-state index in [1.807, 2.05) is 6.92 Å². The van der Waals surface area contributed by atoms with Crippen LogP contribution in [-0.4, -0.2) is 17.5 Å². The lowest BCUT2D eigenvalue weighted by atomic mass is 10.1. The quantitative estimate of drug-likeness (QED) is 0.436. The van der Waals surface area contributed by atoms with Crippen LogP contribution in [0.5, 0.6) is 11.5 Å². The van der Waals surface area contributed by atoms with Crippen LogP contribution in [-0.2, 0) is 0 Å². The number of para-hydroxylation sites is 1. The average molecular weight is 336 g/mol. The highest BCUT2D eigenvalue weighted by atomic mass is 16.5. The number of ether oxygens (including phenoxy) is 1. The van der Waals surface area contributed by atoms with Crippen molar-refractivity contribution in [1.29, 1.82) is 0 Å². The second kappa shape index (κ2) is 7.05. The molecule has 0 atom stereocenters. The number of allylic oxidation sites excluding steroid dienone is 1. The van der Waals surface area contributed by atoms with Gasteiger partial charge in [-0.3, -0.25) is 4.79 Å². The van der Waals surface area contributed by atoms with Gasteiger partial charge in [-0.2, -0.15) is 0 Å². The molecule has 3 rings (SSSR count). The van der Waals surface area contributed by atoms with Crippen LogP contribution in [0.3, 0.4) is 0 Å². The number of hydrogen-bond acceptors (Lipinski definition) is 5. The monoisotopic (exact) mass is 336 g/mol. The third kappa shape index (κ3) is 3.45. The lowest BCUT2D eigenvalue weighted by Crippen LogP contribution is -2.12. The molecule has 0 fully saturated rings. The Bertz CT molecular complexity index is 997. The Kier molecular flexibility index (Phi) is 4.66. The molecule has 1 aromatic heterocycles. The van der Waals surface area contributed by atoms with Gasteiger partial charge in [0, 0.05) is 0 Å². The van der Waals surface area contributed by atoms with E-state index < -0.39 is 11.4 Å². The second-order valence-corrected chi connectivity index (χ2v) is 5.31. The first-order chi connectivity index (χ1) is 12.1. The molecule has 126 valence electrons. The van der Waals surface area contributed by atoms with E-state index in [0.29, 0.717) is 12.0 Å². The van der Waals surface area contributed by atoms with Gasteiger partial charge in [0.1, 0.15) is 22.6 Å². The van der Waals surface area contributed by atoms with Crippen LogP contribution in [0.2, 0.25) is 0 Å². The SMILES string of the molecule is CCOc1ccc(C=CC(=O)c2c(O)c3ccccc3oc2=O)cc1. The van der Waals surface area contributed by atoms with Gasteiger partial charge in [-0.05, 0) is 42.8 Å². The summed E-state index contributed by atoms with van der Waals surface area (Å²) in [6.07, 6.45) is 2.79. The van der Waals surface area contributed by atoms with Crippen molar-refractivity contribution in [2.45, 2.75) is 6.92 Å². The van der Waals surface area contributed by atoms with Gasteiger partial charge >= 0.3 is 5.63 Å². The van der Waals surface area contributed by atoms with Crippen LogP contribution < -0.4 is 10.4 Å². The molecule has 0 saturated heterocycles. The summed E-state index contributed by atoms with van der Waals surface area (Å²) in [7, 11) is 0. The summed E-state index contributed by atoms with van der Waals surface area (Å²) in [4.78, 5) is 24.4. The van der Waals surface area contributed by atoms with Crippen LogP contribution >= 0.6 is 0 Å². The zero-order valence-corrected chi connectivity index (χ0v) is 13.6. The summed E-state index contributed by atoms with van der Waals surface area (Å²) in [6, 6.07) is 13.7. The molecule has 0 aliphatic heterocycles. The third-order valence-corrected chi connectivity index (χ3v) is 3.65. The molecule has 1 N–H and O–H groups in total. The van der Waals surface area contributed by atoms with E-state index in [4.69, 9.17) is 9.15 Å². The Hall–Kier alpha value is -3.34. The summed E-state index contributed by atoms with van der Waals surface area (Å²) in [6.45, 7) is 2.47. The van der Waals surface area contributed by atoms with Gasteiger partial charge in [0.05, 0.1) is 12.0 Å². The molecule has 0 amide bonds. The lowest BCUT2D eigenvalue weighted by Gasteiger charge is -2.04. The normalized spacial score (nSPS) is 11.1. The van der Waals surface area contributed by atoms with E-state index in [1.54, 1.807) is 54.6 Å². The Morgan fingerprint density at radius 2 is 1.88 bits per heavy atom. The van der Waals surface area contributed by atoms with Crippen LogP contribution in [0, 0.1) is 0 Å². The number of fused-ring (bicyclic) bond motifs is 1. The molecule has 0 aliphatic carbocycles. The molecular formula is C20H16O5. The molecule has 1 heterocycles. The fraction of sp³-hybridized carbons (Fsp3) is 0.100. The maximum atomic E-state index is 12.3. The summed E-state index contributed by atoms with van der Waals surface area (Å²) < 4.78 is 10.5. The summed E-state index contributed by atoms with van der Waals surface area (Å²) in [5.74, 6) is -0.252. The minimum Gasteiger partial charge on any atom is -0.506 e. The number of hydrogen-bond donors (Lipinski definition) is 1. The van der Waals surface area contributed by atoms with Gasteiger partial charge in [0.15, 0.2) is 5.78 Å². The molecule has 0 bridgehead atoms. The van der Waals surface area contributed by atoms with E-state index >= 15 is 0 Å². The zero-order chi connectivity index (χ0) is 17.8. The van der Waals surface area contributed by atoms with E-state index in [0.717, 1.165) is 11.3 Å². The van der Waals surface area contributed by atoms with Crippen molar-refractivity contribution >= 4 is 22.8 Å². The van der Waals surface area contributed by atoms with E-state index in [1.165, 1.54) is 6.08 Å². The van der Waals surface area contributed by atoms with Gasteiger partial charge in [-0.15, -0.1) is 0 Å². The van der Waals surface area contributed by atoms with Crippen LogP contribution in [0.25, 0.3) is 17.0 Å².